The van der Waals surface area contributed by atoms with Crippen molar-refractivity contribution in [3.63, 3.8) is 0 Å². The molecule has 0 fully saturated rings. The number of carbonyl (C=O) groups excluding carboxylic acids is 1. The lowest BCUT2D eigenvalue weighted by Crippen LogP contribution is -2.37. The van der Waals surface area contributed by atoms with E-state index in [4.69, 9.17) is 18.9 Å². The minimum absolute atomic E-state index is 0.297. The summed E-state index contributed by atoms with van der Waals surface area (Å²) >= 11 is 0. The highest BCUT2D eigenvalue weighted by Crippen LogP contribution is 2.46. The van der Waals surface area contributed by atoms with Crippen LogP contribution in [-0.2, 0) is 24.6 Å². The van der Waals surface area contributed by atoms with Gasteiger partial charge in [-0.1, -0.05) is 30.4 Å². The maximum atomic E-state index is 12.5. The van der Waals surface area contributed by atoms with Gasteiger partial charge >= 0.3 is 5.97 Å². The zero-order valence-corrected chi connectivity index (χ0v) is 14.4. The van der Waals surface area contributed by atoms with E-state index < -0.39 is 11.6 Å². The summed E-state index contributed by atoms with van der Waals surface area (Å²) in [6.07, 6.45) is 9.69. The first kappa shape index (κ1) is 16.9. The van der Waals surface area contributed by atoms with Gasteiger partial charge in [0.05, 0.1) is 27.6 Å². The molecule has 3 rings (SSSR count). The molecule has 1 aromatic rings. The van der Waals surface area contributed by atoms with E-state index in [1.807, 2.05) is 42.5 Å². The Bertz CT molecular complexity index is 783. The van der Waals surface area contributed by atoms with Gasteiger partial charge < -0.3 is 18.9 Å². The maximum Gasteiger partial charge on any atom is 0.341 e. The molecule has 0 amide bonds. The Morgan fingerprint density at radius 1 is 1.20 bits per heavy atom. The van der Waals surface area contributed by atoms with Crippen molar-refractivity contribution in [1.82, 2.24) is 0 Å². The standard InChI is InChI=1S/C20H20O5/c1-22-13-17(19(21)24-3)20(15-7-9-16(23-2)10-8-15)12-11-14-5-4-6-18(14)25-20/h4-11,13H,12H2,1-3H3/b17-13-. The van der Waals surface area contributed by atoms with E-state index in [9.17, 15) is 4.79 Å². The molecule has 0 saturated carbocycles. The van der Waals surface area contributed by atoms with Gasteiger partial charge in [-0.15, -0.1) is 0 Å². The zero-order chi connectivity index (χ0) is 17.9. The second kappa shape index (κ2) is 6.89. The summed E-state index contributed by atoms with van der Waals surface area (Å²) < 4.78 is 21.7. The van der Waals surface area contributed by atoms with Gasteiger partial charge in [-0.2, -0.15) is 0 Å². The van der Waals surface area contributed by atoms with E-state index in [1.165, 1.54) is 20.5 Å². The minimum Gasteiger partial charge on any atom is -0.504 e. The van der Waals surface area contributed by atoms with Crippen molar-refractivity contribution in [3.8, 4) is 5.75 Å². The minimum atomic E-state index is -1.03. The number of rotatable bonds is 5. The smallest absolute Gasteiger partial charge is 0.341 e. The Labute approximate surface area is 146 Å². The molecular weight excluding hydrogens is 320 g/mol. The molecular formula is C20H20O5. The van der Waals surface area contributed by atoms with Crippen molar-refractivity contribution in [2.45, 2.75) is 12.0 Å². The van der Waals surface area contributed by atoms with Crippen LogP contribution in [0.1, 0.15) is 12.0 Å². The number of benzene rings is 1. The number of fused-ring (bicyclic) bond motifs is 1. The average molecular weight is 340 g/mol. The molecule has 0 radical (unpaired) electrons. The van der Waals surface area contributed by atoms with E-state index in [-0.39, 0.29) is 0 Å². The summed E-state index contributed by atoms with van der Waals surface area (Å²) in [5, 5.41) is 0. The molecule has 2 aliphatic rings. The average Bonchev–Trinajstić information content (AvgIpc) is 3.12. The summed E-state index contributed by atoms with van der Waals surface area (Å²) in [5.41, 5.74) is 1.08. The molecule has 1 unspecified atom stereocenters. The first-order valence-electron chi connectivity index (χ1n) is 7.89. The van der Waals surface area contributed by atoms with Crippen LogP contribution < -0.4 is 4.74 Å². The van der Waals surface area contributed by atoms with Crippen molar-refractivity contribution in [2.24, 2.45) is 0 Å². The van der Waals surface area contributed by atoms with Gasteiger partial charge in [0.2, 0.25) is 0 Å². The van der Waals surface area contributed by atoms with Gasteiger partial charge in [0.15, 0.2) is 5.60 Å². The molecule has 1 aliphatic heterocycles. The largest absolute Gasteiger partial charge is 0.504 e. The van der Waals surface area contributed by atoms with Crippen LogP contribution in [0.4, 0.5) is 0 Å². The molecule has 1 aliphatic carbocycles. The van der Waals surface area contributed by atoms with E-state index in [2.05, 4.69) is 6.08 Å². The highest BCUT2D eigenvalue weighted by atomic mass is 16.5. The lowest BCUT2D eigenvalue weighted by atomic mass is 9.81. The molecule has 130 valence electrons. The Balaban J connectivity index is 2.14. The lowest BCUT2D eigenvalue weighted by Gasteiger charge is -2.38. The summed E-state index contributed by atoms with van der Waals surface area (Å²) in [6, 6.07) is 7.44. The van der Waals surface area contributed by atoms with Crippen LogP contribution >= 0.6 is 0 Å². The Hall–Kier alpha value is -2.95. The topological polar surface area (TPSA) is 54.0 Å². The second-order valence-electron chi connectivity index (χ2n) is 5.67. The van der Waals surface area contributed by atoms with Crippen LogP contribution in [0.25, 0.3) is 0 Å². The number of hydrogen-bond acceptors (Lipinski definition) is 5. The summed E-state index contributed by atoms with van der Waals surface area (Å²) in [5.74, 6) is 0.942. The van der Waals surface area contributed by atoms with E-state index in [0.29, 0.717) is 17.8 Å². The first-order valence-corrected chi connectivity index (χ1v) is 7.89. The van der Waals surface area contributed by atoms with Crippen molar-refractivity contribution >= 4 is 5.97 Å². The van der Waals surface area contributed by atoms with Gasteiger partial charge in [-0.05, 0) is 18.2 Å². The van der Waals surface area contributed by atoms with Crippen molar-refractivity contribution in [2.75, 3.05) is 21.3 Å². The Morgan fingerprint density at radius 3 is 2.60 bits per heavy atom. The fraction of sp³-hybridized carbons (Fsp3) is 0.250. The first-order chi connectivity index (χ1) is 12.1. The van der Waals surface area contributed by atoms with E-state index in [1.54, 1.807) is 7.11 Å². The quantitative estimate of drug-likeness (QED) is 0.467. The van der Waals surface area contributed by atoms with Crippen LogP contribution in [-0.4, -0.2) is 27.3 Å². The predicted octanol–water partition coefficient (Wildman–Crippen LogP) is 3.39. The summed E-state index contributed by atoms with van der Waals surface area (Å²) in [7, 11) is 4.44. The maximum absolute atomic E-state index is 12.5. The van der Waals surface area contributed by atoms with Gasteiger partial charge in [0.25, 0.3) is 0 Å². The lowest BCUT2D eigenvalue weighted by molar-refractivity contribution is -0.139. The molecule has 0 aromatic heterocycles. The number of esters is 1. The number of hydrogen-bond donors (Lipinski definition) is 0. The normalized spacial score (nSPS) is 21.6. The number of allylic oxidation sites excluding steroid dienone is 3. The monoisotopic (exact) mass is 340 g/mol. The third kappa shape index (κ3) is 2.93. The van der Waals surface area contributed by atoms with Crippen molar-refractivity contribution in [1.29, 1.82) is 0 Å². The Morgan fingerprint density at radius 2 is 1.96 bits per heavy atom. The SMILES string of the molecule is CO/C=C(/C(=O)OC)C1(c2ccc(OC)cc2)CC=C2C=CC=C2O1. The molecule has 0 N–H and O–H groups in total. The fourth-order valence-electron chi connectivity index (χ4n) is 3.06. The second-order valence-corrected chi connectivity index (χ2v) is 5.67. The predicted molar refractivity (Wildman–Crippen MR) is 92.8 cm³/mol. The molecule has 5 heteroatoms. The van der Waals surface area contributed by atoms with Crippen LogP contribution in [0.2, 0.25) is 0 Å². The summed E-state index contributed by atoms with van der Waals surface area (Å²) in [6.45, 7) is 0. The molecule has 25 heavy (non-hydrogen) atoms. The molecule has 1 heterocycles. The Kier molecular flexibility index (Phi) is 4.65. The summed E-state index contributed by atoms with van der Waals surface area (Å²) in [4.78, 5) is 12.5. The van der Waals surface area contributed by atoms with Crippen LogP contribution in [0.3, 0.4) is 0 Å². The molecule has 1 atom stereocenters. The van der Waals surface area contributed by atoms with Gasteiger partial charge in [0.1, 0.15) is 17.1 Å². The van der Waals surface area contributed by atoms with Crippen LogP contribution in [0, 0.1) is 0 Å². The number of ether oxygens (including phenoxy) is 4. The third-order valence-corrected chi connectivity index (χ3v) is 4.33. The van der Waals surface area contributed by atoms with Crippen molar-refractivity contribution in [3.05, 3.63) is 77.3 Å². The van der Waals surface area contributed by atoms with Gasteiger partial charge in [0, 0.05) is 17.6 Å². The molecule has 0 saturated heterocycles. The molecule has 1 aromatic carbocycles. The fourth-order valence-corrected chi connectivity index (χ4v) is 3.06. The van der Waals surface area contributed by atoms with Gasteiger partial charge in [-0.25, -0.2) is 4.79 Å². The molecule has 5 nitrogen and oxygen atoms in total. The van der Waals surface area contributed by atoms with Crippen molar-refractivity contribution < 1.29 is 23.7 Å². The molecule has 0 bridgehead atoms. The van der Waals surface area contributed by atoms with Crippen LogP contribution in [0.15, 0.2) is 71.7 Å². The number of carbonyl (C=O) groups is 1. The van der Waals surface area contributed by atoms with Crippen LogP contribution in [0.5, 0.6) is 5.75 Å². The van der Waals surface area contributed by atoms with E-state index in [0.717, 1.165) is 16.9 Å². The van der Waals surface area contributed by atoms with E-state index >= 15 is 0 Å². The highest BCUT2D eigenvalue weighted by Gasteiger charge is 2.45. The van der Waals surface area contributed by atoms with Gasteiger partial charge in [-0.3, -0.25) is 0 Å². The number of methoxy groups -OCH3 is 3. The zero-order valence-electron chi connectivity index (χ0n) is 14.4. The highest BCUT2D eigenvalue weighted by molar-refractivity contribution is 5.91. The molecule has 0 spiro atoms. The third-order valence-electron chi connectivity index (χ3n) is 4.33.